The summed E-state index contributed by atoms with van der Waals surface area (Å²) in [5.41, 5.74) is 4.45. The fraction of sp³-hybridized carbons (Fsp3) is 0.133. The van der Waals surface area contributed by atoms with E-state index in [-0.39, 0.29) is 5.91 Å². The molecule has 6 heteroatoms. The lowest BCUT2D eigenvalue weighted by Gasteiger charge is -2.02. The molecule has 108 valence electrons. The predicted molar refractivity (Wildman–Crippen MR) is 81.3 cm³/mol. The van der Waals surface area contributed by atoms with Crippen LogP contribution in [0, 0.1) is 6.92 Å². The summed E-state index contributed by atoms with van der Waals surface area (Å²) in [6.07, 6.45) is 5.05. The number of para-hydroxylation sites is 1. The van der Waals surface area contributed by atoms with Gasteiger partial charge in [-0.1, -0.05) is 18.2 Å². The SMILES string of the molecule is COc1ccccc1/C=C/C=N\NC(=O)c1cc(C)[nH]n1. The molecule has 0 aliphatic heterocycles. The summed E-state index contributed by atoms with van der Waals surface area (Å²) in [5, 5.41) is 10.4. The van der Waals surface area contributed by atoms with Crippen LogP contribution in [0.25, 0.3) is 6.08 Å². The van der Waals surface area contributed by atoms with Crippen LogP contribution >= 0.6 is 0 Å². The third kappa shape index (κ3) is 4.04. The summed E-state index contributed by atoms with van der Waals surface area (Å²) < 4.78 is 5.22. The van der Waals surface area contributed by atoms with Gasteiger partial charge in [0.2, 0.25) is 0 Å². The van der Waals surface area contributed by atoms with Gasteiger partial charge in [-0.15, -0.1) is 0 Å². The molecule has 6 nitrogen and oxygen atoms in total. The standard InChI is InChI=1S/C15H16N4O2/c1-11-10-13(18-17-11)15(20)19-16-9-5-7-12-6-3-4-8-14(12)21-2/h3-10H,1-2H3,(H,17,18)(H,19,20)/b7-5+,16-9-. The fourth-order valence-corrected chi connectivity index (χ4v) is 1.68. The van der Waals surface area contributed by atoms with Crippen molar-refractivity contribution in [3.63, 3.8) is 0 Å². The summed E-state index contributed by atoms with van der Waals surface area (Å²) in [4.78, 5) is 11.6. The lowest BCUT2D eigenvalue weighted by Crippen LogP contribution is -2.17. The molecular formula is C15H16N4O2. The molecule has 0 saturated carbocycles. The van der Waals surface area contributed by atoms with Crippen LogP contribution in [0.5, 0.6) is 5.75 Å². The van der Waals surface area contributed by atoms with E-state index in [1.165, 1.54) is 6.21 Å². The number of aromatic amines is 1. The lowest BCUT2D eigenvalue weighted by molar-refractivity contribution is 0.0950. The first-order chi connectivity index (χ1) is 10.2. The van der Waals surface area contributed by atoms with Crippen LogP contribution in [-0.4, -0.2) is 29.4 Å². The van der Waals surface area contributed by atoms with Crippen molar-refractivity contribution in [1.29, 1.82) is 0 Å². The van der Waals surface area contributed by atoms with Gasteiger partial charge in [0.25, 0.3) is 5.91 Å². The molecule has 0 unspecified atom stereocenters. The number of aromatic nitrogens is 2. The van der Waals surface area contributed by atoms with E-state index in [0.29, 0.717) is 5.69 Å². The van der Waals surface area contributed by atoms with E-state index < -0.39 is 0 Å². The van der Waals surface area contributed by atoms with Crippen LogP contribution in [0.2, 0.25) is 0 Å². The first-order valence-corrected chi connectivity index (χ1v) is 6.36. The zero-order chi connectivity index (χ0) is 15.1. The van der Waals surface area contributed by atoms with Gasteiger partial charge >= 0.3 is 0 Å². The minimum absolute atomic E-state index is 0.304. The van der Waals surface area contributed by atoms with E-state index in [1.54, 1.807) is 19.3 Å². The Labute approximate surface area is 122 Å². The number of methoxy groups -OCH3 is 1. The Morgan fingerprint density at radius 1 is 1.43 bits per heavy atom. The molecule has 1 heterocycles. The Morgan fingerprint density at radius 3 is 2.95 bits per heavy atom. The zero-order valence-electron chi connectivity index (χ0n) is 11.8. The minimum Gasteiger partial charge on any atom is -0.496 e. The van der Waals surface area contributed by atoms with Crippen LogP contribution in [0.4, 0.5) is 0 Å². The molecule has 0 aliphatic rings. The molecule has 2 aromatic rings. The summed E-state index contributed by atoms with van der Waals surface area (Å²) in [5.74, 6) is 0.416. The van der Waals surface area contributed by atoms with Crippen molar-refractivity contribution in [1.82, 2.24) is 15.6 Å². The van der Waals surface area contributed by atoms with Gasteiger partial charge in [0.05, 0.1) is 7.11 Å². The first kappa shape index (κ1) is 14.5. The van der Waals surface area contributed by atoms with E-state index in [2.05, 4.69) is 20.7 Å². The van der Waals surface area contributed by atoms with Crippen LogP contribution in [0.15, 0.2) is 41.5 Å². The number of hydrogen-bond acceptors (Lipinski definition) is 4. The van der Waals surface area contributed by atoms with Crippen molar-refractivity contribution in [2.45, 2.75) is 6.92 Å². The number of benzene rings is 1. The van der Waals surface area contributed by atoms with Crippen molar-refractivity contribution in [3.8, 4) is 5.75 Å². The highest BCUT2D eigenvalue weighted by atomic mass is 16.5. The Balaban J connectivity index is 1.90. The van der Waals surface area contributed by atoms with Crippen LogP contribution in [-0.2, 0) is 0 Å². The van der Waals surface area contributed by atoms with Gasteiger partial charge in [0, 0.05) is 17.5 Å². The molecule has 0 atom stereocenters. The number of H-pyrrole nitrogens is 1. The number of nitrogens with one attached hydrogen (secondary N) is 2. The second kappa shape index (κ2) is 7.04. The molecule has 0 spiro atoms. The summed E-state index contributed by atoms with van der Waals surface area (Å²) >= 11 is 0. The van der Waals surface area contributed by atoms with Gasteiger partial charge in [-0.05, 0) is 31.2 Å². The molecule has 21 heavy (non-hydrogen) atoms. The number of carbonyl (C=O) groups is 1. The summed E-state index contributed by atoms with van der Waals surface area (Å²) in [7, 11) is 1.62. The van der Waals surface area contributed by atoms with Crippen molar-refractivity contribution < 1.29 is 9.53 Å². The van der Waals surface area contributed by atoms with Crippen molar-refractivity contribution in [3.05, 3.63) is 53.4 Å². The molecule has 0 aliphatic carbocycles. The van der Waals surface area contributed by atoms with Crippen molar-refractivity contribution in [2.75, 3.05) is 7.11 Å². The van der Waals surface area contributed by atoms with Crippen LogP contribution in [0.1, 0.15) is 21.7 Å². The number of rotatable bonds is 5. The number of nitrogens with zero attached hydrogens (tertiary/aromatic N) is 2. The molecule has 1 aromatic heterocycles. The normalized spacial score (nSPS) is 11.1. The smallest absolute Gasteiger partial charge is 0.291 e. The summed E-state index contributed by atoms with van der Waals surface area (Å²) in [6.45, 7) is 1.82. The number of allylic oxidation sites excluding steroid dienone is 1. The Morgan fingerprint density at radius 2 is 2.24 bits per heavy atom. The number of ether oxygens (including phenoxy) is 1. The highest BCUT2D eigenvalue weighted by molar-refractivity contribution is 5.93. The van der Waals surface area contributed by atoms with E-state index in [0.717, 1.165) is 17.0 Å². The first-order valence-electron chi connectivity index (χ1n) is 6.36. The van der Waals surface area contributed by atoms with Gasteiger partial charge in [-0.2, -0.15) is 10.2 Å². The van der Waals surface area contributed by atoms with Crippen LogP contribution < -0.4 is 10.2 Å². The molecule has 0 fully saturated rings. The molecule has 2 N–H and O–H groups in total. The zero-order valence-corrected chi connectivity index (χ0v) is 11.8. The molecule has 1 amide bonds. The second-order valence-electron chi connectivity index (χ2n) is 4.26. The molecule has 1 aromatic carbocycles. The molecule has 0 radical (unpaired) electrons. The maximum atomic E-state index is 11.6. The van der Waals surface area contributed by atoms with Crippen molar-refractivity contribution >= 4 is 18.2 Å². The highest BCUT2D eigenvalue weighted by Gasteiger charge is 2.06. The van der Waals surface area contributed by atoms with E-state index in [1.807, 2.05) is 37.3 Å². The maximum Gasteiger partial charge on any atom is 0.291 e. The summed E-state index contributed by atoms with van der Waals surface area (Å²) in [6, 6.07) is 9.26. The van der Waals surface area contributed by atoms with E-state index >= 15 is 0 Å². The quantitative estimate of drug-likeness (QED) is 0.652. The maximum absolute atomic E-state index is 11.6. The number of amides is 1. The number of hydrogen-bond donors (Lipinski definition) is 2. The van der Waals surface area contributed by atoms with E-state index in [9.17, 15) is 4.79 Å². The minimum atomic E-state index is -0.360. The topological polar surface area (TPSA) is 79.4 Å². The molecule has 0 saturated heterocycles. The fourth-order valence-electron chi connectivity index (χ4n) is 1.68. The number of carbonyl (C=O) groups excluding carboxylic acids is 1. The average molecular weight is 284 g/mol. The third-order valence-electron chi connectivity index (χ3n) is 2.68. The number of hydrazone groups is 1. The van der Waals surface area contributed by atoms with Gasteiger partial charge in [-0.25, -0.2) is 5.43 Å². The molecule has 2 rings (SSSR count). The van der Waals surface area contributed by atoms with Gasteiger partial charge in [0.1, 0.15) is 5.75 Å². The van der Waals surface area contributed by atoms with Gasteiger partial charge < -0.3 is 4.74 Å². The monoisotopic (exact) mass is 284 g/mol. The van der Waals surface area contributed by atoms with Gasteiger partial charge in [-0.3, -0.25) is 9.89 Å². The predicted octanol–water partition coefficient (Wildman–Crippen LogP) is 2.16. The average Bonchev–Trinajstić information content (AvgIpc) is 2.94. The Bertz CT molecular complexity index is 674. The second-order valence-corrected chi connectivity index (χ2v) is 4.26. The molecule has 0 bridgehead atoms. The number of aryl methyl sites for hydroxylation is 1. The Hall–Kier alpha value is -2.89. The largest absolute Gasteiger partial charge is 0.496 e. The van der Waals surface area contributed by atoms with Crippen LogP contribution in [0.3, 0.4) is 0 Å². The van der Waals surface area contributed by atoms with Gasteiger partial charge in [0.15, 0.2) is 5.69 Å². The highest BCUT2D eigenvalue weighted by Crippen LogP contribution is 2.18. The third-order valence-corrected chi connectivity index (χ3v) is 2.68. The molecular weight excluding hydrogens is 268 g/mol. The Kier molecular flexibility index (Phi) is 4.87. The van der Waals surface area contributed by atoms with Crippen molar-refractivity contribution in [2.24, 2.45) is 5.10 Å². The van der Waals surface area contributed by atoms with E-state index in [4.69, 9.17) is 4.74 Å². The lowest BCUT2D eigenvalue weighted by atomic mass is 10.2.